The van der Waals surface area contributed by atoms with Gasteiger partial charge in [0.1, 0.15) is 6.04 Å². The van der Waals surface area contributed by atoms with E-state index in [1.807, 2.05) is 0 Å². The van der Waals surface area contributed by atoms with Gasteiger partial charge in [-0.3, -0.25) is 0 Å². The second-order valence-corrected chi connectivity index (χ2v) is 4.42. The lowest BCUT2D eigenvalue weighted by atomic mass is 10.1. The first-order chi connectivity index (χ1) is 8.75. The highest BCUT2D eigenvalue weighted by Gasteiger charge is 2.33. The van der Waals surface area contributed by atoms with Crippen LogP contribution in [-0.4, -0.2) is 17.1 Å². The highest BCUT2D eigenvalue weighted by atomic mass is 35.5. The van der Waals surface area contributed by atoms with Gasteiger partial charge >= 0.3 is 12.1 Å². The van der Waals surface area contributed by atoms with Crippen LogP contribution in [0.4, 0.5) is 18.9 Å². The molecule has 1 unspecified atom stereocenters. The van der Waals surface area contributed by atoms with Crippen molar-refractivity contribution < 1.29 is 23.1 Å². The van der Waals surface area contributed by atoms with E-state index in [9.17, 15) is 18.0 Å². The number of carboxylic acids is 1. The fourth-order valence-electron chi connectivity index (χ4n) is 1.58. The maximum Gasteiger partial charge on any atom is 0.417 e. The zero-order valence-corrected chi connectivity index (χ0v) is 10.8. The van der Waals surface area contributed by atoms with Crippen molar-refractivity contribution in [2.75, 3.05) is 5.32 Å². The largest absolute Gasteiger partial charge is 0.480 e. The van der Waals surface area contributed by atoms with E-state index < -0.39 is 28.8 Å². The third-order valence-corrected chi connectivity index (χ3v) is 2.82. The summed E-state index contributed by atoms with van der Waals surface area (Å²) in [7, 11) is 0. The quantitative estimate of drug-likeness (QED) is 0.862. The molecule has 0 saturated carbocycles. The smallest absolute Gasteiger partial charge is 0.417 e. The van der Waals surface area contributed by atoms with Gasteiger partial charge in [-0.1, -0.05) is 24.9 Å². The molecular weight excluding hydrogens is 283 g/mol. The van der Waals surface area contributed by atoms with Crippen LogP contribution in [-0.2, 0) is 11.0 Å². The number of alkyl halides is 3. The average Bonchev–Trinajstić information content (AvgIpc) is 2.29. The molecule has 0 saturated heterocycles. The van der Waals surface area contributed by atoms with E-state index in [4.69, 9.17) is 16.7 Å². The van der Waals surface area contributed by atoms with E-state index in [-0.39, 0.29) is 5.69 Å². The van der Waals surface area contributed by atoms with Crippen LogP contribution < -0.4 is 5.32 Å². The van der Waals surface area contributed by atoms with Crippen LogP contribution in [0.25, 0.3) is 0 Å². The van der Waals surface area contributed by atoms with Gasteiger partial charge < -0.3 is 10.4 Å². The first-order valence-corrected chi connectivity index (χ1v) is 5.99. The van der Waals surface area contributed by atoms with Crippen LogP contribution in [0.1, 0.15) is 25.3 Å². The molecular formula is C12H13ClF3NO2. The molecule has 0 radical (unpaired) electrons. The monoisotopic (exact) mass is 295 g/mol. The van der Waals surface area contributed by atoms with E-state index in [2.05, 4.69) is 5.32 Å². The van der Waals surface area contributed by atoms with E-state index in [1.165, 1.54) is 6.07 Å². The summed E-state index contributed by atoms with van der Waals surface area (Å²) in [6.45, 7) is 1.79. The molecule has 106 valence electrons. The van der Waals surface area contributed by atoms with Gasteiger partial charge in [0.05, 0.1) is 10.6 Å². The number of anilines is 1. The zero-order chi connectivity index (χ0) is 14.6. The third-order valence-electron chi connectivity index (χ3n) is 2.49. The lowest BCUT2D eigenvalue weighted by Crippen LogP contribution is -2.29. The summed E-state index contributed by atoms with van der Waals surface area (Å²) in [5.41, 5.74) is -0.905. The SMILES string of the molecule is CCCC(Nc1ccc(Cl)c(C(F)(F)F)c1)C(=O)O. The van der Waals surface area contributed by atoms with Gasteiger partial charge in [0.25, 0.3) is 0 Å². The molecule has 7 heteroatoms. The highest BCUT2D eigenvalue weighted by Crippen LogP contribution is 2.36. The number of aliphatic carboxylic acids is 1. The number of carbonyl (C=O) groups is 1. The number of rotatable bonds is 5. The van der Waals surface area contributed by atoms with Crippen molar-refractivity contribution in [2.24, 2.45) is 0 Å². The highest BCUT2D eigenvalue weighted by molar-refractivity contribution is 6.31. The number of halogens is 4. The van der Waals surface area contributed by atoms with Crippen LogP contribution >= 0.6 is 11.6 Å². The fourth-order valence-corrected chi connectivity index (χ4v) is 1.80. The Morgan fingerprint density at radius 2 is 2.11 bits per heavy atom. The van der Waals surface area contributed by atoms with Crippen molar-refractivity contribution in [3.8, 4) is 0 Å². The van der Waals surface area contributed by atoms with Crippen LogP contribution in [0.5, 0.6) is 0 Å². The van der Waals surface area contributed by atoms with Gasteiger partial charge in [-0.15, -0.1) is 0 Å². The van der Waals surface area contributed by atoms with E-state index in [1.54, 1.807) is 6.92 Å². The number of carboxylic acid groups (broad SMARTS) is 1. The molecule has 0 heterocycles. The minimum absolute atomic E-state index is 0.0811. The summed E-state index contributed by atoms with van der Waals surface area (Å²) in [4.78, 5) is 10.9. The van der Waals surface area contributed by atoms with E-state index >= 15 is 0 Å². The Bertz CT molecular complexity index is 463. The molecule has 0 fully saturated rings. The van der Waals surface area contributed by atoms with Crippen molar-refractivity contribution >= 4 is 23.3 Å². The zero-order valence-electron chi connectivity index (χ0n) is 10.1. The van der Waals surface area contributed by atoms with Crippen molar-refractivity contribution in [3.63, 3.8) is 0 Å². The molecule has 0 amide bonds. The molecule has 19 heavy (non-hydrogen) atoms. The normalized spacial score (nSPS) is 13.1. The van der Waals surface area contributed by atoms with Crippen LogP contribution in [0.3, 0.4) is 0 Å². The van der Waals surface area contributed by atoms with Crippen LogP contribution in [0.2, 0.25) is 5.02 Å². The molecule has 1 rings (SSSR count). The van der Waals surface area contributed by atoms with Crippen molar-refractivity contribution in [2.45, 2.75) is 32.0 Å². The van der Waals surface area contributed by atoms with E-state index in [0.29, 0.717) is 12.8 Å². The standard InChI is InChI=1S/C12H13ClF3NO2/c1-2-3-10(11(18)19)17-7-4-5-9(13)8(6-7)12(14,15)16/h4-6,10,17H,2-3H2,1H3,(H,18,19). The molecule has 0 aliphatic heterocycles. The predicted octanol–water partition coefficient (Wildman–Crippen LogP) is 4.02. The molecule has 1 atom stereocenters. The summed E-state index contributed by atoms with van der Waals surface area (Å²) >= 11 is 5.48. The van der Waals surface area contributed by atoms with Crippen LogP contribution in [0, 0.1) is 0 Å². The number of nitrogens with one attached hydrogen (secondary N) is 1. The van der Waals surface area contributed by atoms with Gasteiger partial charge in [-0.2, -0.15) is 13.2 Å². The molecule has 2 N–H and O–H groups in total. The molecule has 1 aromatic carbocycles. The molecule has 3 nitrogen and oxygen atoms in total. The first kappa shape index (κ1) is 15.6. The summed E-state index contributed by atoms with van der Waals surface area (Å²) in [5, 5.41) is 11.1. The molecule has 0 bridgehead atoms. The third kappa shape index (κ3) is 4.31. The Kier molecular flexibility index (Phi) is 5.05. The number of benzene rings is 1. The predicted molar refractivity (Wildman–Crippen MR) is 66.4 cm³/mol. The topological polar surface area (TPSA) is 49.3 Å². The lowest BCUT2D eigenvalue weighted by molar-refractivity contribution is -0.138. The van der Waals surface area contributed by atoms with Crippen molar-refractivity contribution in [3.05, 3.63) is 28.8 Å². The Hall–Kier alpha value is -1.43. The second kappa shape index (κ2) is 6.14. The van der Waals surface area contributed by atoms with Crippen molar-refractivity contribution in [1.29, 1.82) is 0 Å². The lowest BCUT2D eigenvalue weighted by Gasteiger charge is -2.17. The van der Waals surface area contributed by atoms with Crippen molar-refractivity contribution in [1.82, 2.24) is 0 Å². The molecule has 0 spiro atoms. The molecule has 0 aliphatic carbocycles. The molecule has 0 aliphatic rings. The maximum atomic E-state index is 12.6. The minimum Gasteiger partial charge on any atom is -0.480 e. The average molecular weight is 296 g/mol. The van der Waals surface area contributed by atoms with E-state index in [0.717, 1.165) is 12.1 Å². The summed E-state index contributed by atoms with van der Waals surface area (Å²) in [5.74, 6) is -1.11. The number of hydrogen-bond donors (Lipinski definition) is 2. The summed E-state index contributed by atoms with van der Waals surface area (Å²) in [6.07, 6.45) is -3.65. The Morgan fingerprint density at radius 3 is 2.58 bits per heavy atom. The van der Waals surface area contributed by atoms with Gasteiger partial charge in [0.15, 0.2) is 0 Å². The molecule has 1 aromatic rings. The molecule has 0 aromatic heterocycles. The fraction of sp³-hybridized carbons (Fsp3) is 0.417. The van der Waals surface area contributed by atoms with Gasteiger partial charge in [0, 0.05) is 5.69 Å². The maximum absolute atomic E-state index is 12.6. The minimum atomic E-state index is -4.57. The van der Waals surface area contributed by atoms with Gasteiger partial charge in [-0.05, 0) is 24.6 Å². The second-order valence-electron chi connectivity index (χ2n) is 4.02. The Balaban J connectivity index is 2.99. The Morgan fingerprint density at radius 1 is 1.47 bits per heavy atom. The summed E-state index contributed by atoms with van der Waals surface area (Å²) in [6, 6.07) is 2.31. The number of hydrogen-bond acceptors (Lipinski definition) is 2. The van der Waals surface area contributed by atoms with Crippen LogP contribution in [0.15, 0.2) is 18.2 Å². The Labute approximate surface area is 113 Å². The van der Waals surface area contributed by atoms with Gasteiger partial charge in [-0.25, -0.2) is 4.79 Å². The first-order valence-electron chi connectivity index (χ1n) is 5.61. The summed E-state index contributed by atoms with van der Waals surface area (Å²) < 4.78 is 37.9. The van der Waals surface area contributed by atoms with Gasteiger partial charge in [0.2, 0.25) is 0 Å².